The lowest BCUT2D eigenvalue weighted by atomic mass is 9.99. The quantitative estimate of drug-likeness (QED) is 0.0350. The lowest BCUT2D eigenvalue weighted by molar-refractivity contribution is -0.167. The van der Waals surface area contributed by atoms with Crippen molar-refractivity contribution in [2.45, 2.75) is 260 Å². The molecule has 0 spiro atoms. The molecule has 0 N–H and O–H groups in total. The molecule has 1 unspecified atom stereocenters. The van der Waals surface area contributed by atoms with Crippen LogP contribution in [0.4, 0.5) is 0 Å². The van der Waals surface area contributed by atoms with Crippen LogP contribution in [0, 0.1) is 17.8 Å². The monoisotopic (exact) mass is 765 g/mol. The van der Waals surface area contributed by atoms with Crippen molar-refractivity contribution in [3.8, 4) is 0 Å². The Kier molecular flexibility index (Phi) is 38.5. The first kappa shape index (κ1) is 52.4. The van der Waals surface area contributed by atoms with E-state index >= 15 is 0 Å². The summed E-state index contributed by atoms with van der Waals surface area (Å²) in [6.45, 7) is 13.6. The van der Waals surface area contributed by atoms with Crippen LogP contribution < -0.4 is 0 Å². The van der Waals surface area contributed by atoms with Gasteiger partial charge in [-0.2, -0.15) is 0 Å². The Labute approximate surface area is 336 Å². The Morgan fingerprint density at radius 3 is 0.963 bits per heavy atom. The average Bonchev–Trinajstić information content (AvgIpc) is 3.14. The molecule has 0 aliphatic heterocycles. The van der Waals surface area contributed by atoms with Crippen molar-refractivity contribution in [3.05, 3.63) is 0 Å². The molecule has 54 heavy (non-hydrogen) atoms. The maximum absolute atomic E-state index is 12.7. The number of rotatable bonds is 41. The van der Waals surface area contributed by atoms with E-state index in [9.17, 15) is 14.4 Å². The summed E-state index contributed by atoms with van der Waals surface area (Å²) in [5, 5.41) is 0. The van der Waals surface area contributed by atoms with Crippen molar-refractivity contribution >= 4 is 17.9 Å². The van der Waals surface area contributed by atoms with Crippen LogP contribution in [-0.2, 0) is 28.6 Å². The Hall–Kier alpha value is -1.59. The van der Waals surface area contributed by atoms with Crippen LogP contribution in [0.15, 0.2) is 0 Å². The molecule has 320 valence electrons. The zero-order chi connectivity index (χ0) is 39.9. The first-order chi connectivity index (χ1) is 26.1. The molecule has 0 amide bonds. The van der Waals surface area contributed by atoms with Crippen molar-refractivity contribution in [1.82, 2.24) is 0 Å². The molecule has 0 radical (unpaired) electrons. The van der Waals surface area contributed by atoms with Gasteiger partial charge in [-0.05, 0) is 37.0 Å². The van der Waals surface area contributed by atoms with Crippen LogP contribution in [0.2, 0.25) is 0 Å². The van der Waals surface area contributed by atoms with Crippen LogP contribution in [0.1, 0.15) is 253 Å². The van der Waals surface area contributed by atoms with Gasteiger partial charge in [0.15, 0.2) is 6.10 Å². The van der Waals surface area contributed by atoms with Crippen LogP contribution in [0.25, 0.3) is 0 Å². The van der Waals surface area contributed by atoms with Crippen LogP contribution in [0.3, 0.4) is 0 Å². The highest BCUT2D eigenvalue weighted by Gasteiger charge is 2.19. The third-order valence-electron chi connectivity index (χ3n) is 11.0. The Balaban J connectivity index is 4.33. The van der Waals surface area contributed by atoms with Gasteiger partial charge < -0.3 is 14.2 Å². The Morgan fingerprint density at radius 2 is 0.648 bits per heavy atom. The second kappa shape index (κ2) is 39.6. The Bertz CT molecular complexity index is 839. The van der Waals surface area contributed by atoms with E-state index in [4.69, 9.17) is 14.2 Å². The lowest BCUT2D eigenvalue weighted by Crippen LogP contribution is -2.30. The van der Waals surface area contributed by atoms with E-state index < -0.39 is 6.10 Å². The van der Waals surface area contributed by atoms with Gasteiger partial charge in [0.1, 0.15) is 13.2 Å². The fraction of sp³-hybridized carbons (Fsp3) is 0.938. The van der Waals surface area contributed by atoms with Gasteiger partial charge in [-0.15, -0.1) is 0 Å². The summed E-state index contributed by atoms with van der Waals surface area (Å²) in [6, 6.07) is 0. The van der Waals surface area contributed by atoms with E-state index in [1.165, 1.54) is 135 Å². The molecule has 0 rings (SSSR count). The molecule has 6 heteroatoms. The van der Waals surface area contributed by atoms with Gasteiger partial charge in [0, 0.05) is 19.3 Å². The molecular weight excluding hydrogens is 673 g/mol. The van der Waals surface area contributed by atoms with Gasteiger partial charge in [-0.1, -0.05) is 215 Å². The largest absolute Gasteiger partial charge is 0.462 e. The average molecular weight is 765 g/mol. The van der Waals surface area contributed by atoms with Crippen molar-refractivity contribution in [1.29, 1.82) is 0 Å². The van der Waals surface area contributed by atoms with Gasteiger partial charge in [0.25, 0.3) is 0 Å². The molecule has 0 aromatic carbocycles. The number of hydrogen-bond acceptors (Lipinski definition) is 6. The molecule has 0 bridgehead atoms. The SMILES string of the molecule is CCC(C)CCCCCCCCCCCCC(=O)O[C@H](COC(=O)CCCCCCCCCCCCC(C)C)COC(=O)CCCCCCCCC(C)C. The first-order valence-electron chi connectivity index (χ1n) is 23.6. The van der Waals surface area contributed by atoms with Crippen molar-refractivity contribution < 1.29 is 28.6 Å². The molecule has 0 aromatic rings. The Morgan fingerprint density at radius 1 is 0.370 bits per heavy atom. The summed E-state index contributed by atoms with van der Waals surface area (Å²) in [7, 11) is 0. The molecule has 0 saturated carbocycles. The molecule has 0 saturated heterocycles. The van der Waals surface area contributed by atoms with E-state index in [-0.39, 0.29) is 31.1 Å². The predicted molar refractivity (Wildman–Crippen MR) is 229 cm³/mol. The fourth-order valence-corrected chi connectivity index (χ4v) is 7.02. The molecule has 0 aliphatic rings. The van der Waals surface area contributed by atoms with Gasteiger partial charge in [-0.25, -0.2) is 0 Å². The normalized spacial score (nSPS) is 12.7. The van der Waals surface area contributed by atoms with Crippen LogP contribution >= 0.6 is 0 Å². The van der Waals surface area contributed by atoms with Crippen molar-refractivity contribution in [3.63, 3.8) is 0 Å². The van der Waals surface area contributed by atoms with E-state index in [0.29, 0.717) is 19.3 Å². The predicted octanol–water partition coefficient (Wildman–Crippen LogP) is 14.8. The summed E-state index contributed by atoms with van der Waals surface area (Å²) < 4.78 is 16.7. The minimum absolute atomic E-state index is 0.0664. The lowest BCUT2D eigenvalue weighted by Gasteiger charge is -2.18. The minimum Gasteiger partial charge on any atom is -0.462 e. The highest BCUT2D eigenvalue weighted by molar-refractivity contribution is 5.71. The topological polar surface area (TPSA) is 78.9 Å². The number of carbonyl (C=O) groups is 3. The molecular formula is C48H92O6. The smallest absolute Gasteiger partial charge is 0.306 e. The number of unbranched alkanes of at least 4 members (excludes halogenated alkanes) is 23. The van der Waals surface area contributed by atoms with Gasteiger partial charge >= 0.3 is 17.9 Å². The number of ether oxygens (including phenoxy) is 3. The number of carbonyl (C=O) groups excluding carboxylic acids is 3. The summed E-state index contributed by atoms with van der Waals surface area (Å²) in [5.74, 6) is 1.58. The molecule has 0 aliphatic carbocycles. The fourth-order valence-electron chi connectivity index (χ4n) is 7.02. The molecule has 6 nitrogen and oxygen atoms in total. The van der Waals surface area contributed by atoms with E-state index in [0.717, 1.165) is 75.5 Å². The van der Waals surface area contributed by atoms with Gasteiger partial charge in [-0.3, -0.25) is 14.4 Å². The molecule has 0 aromatic heterocycles. The zero-order valence-corrected chi connectivity index (χ0v) is 37.0. The van der Waals surface area contributed by atoms with Crippen LogP contribution in [-0.4, -0.2) is 37.2 Å². The van der Waals surface area contributed by atoms with Gasteiger partial charge in [0.05, 0.1) is 0 Å². The van der Waals surface area contributed by atoms with E-state index in [1.54, 1.807) is 0 Å². The molecule has 0 heterocycles. The standard InChI is InChI=1S/C48H92O6/c1-7-44(6)36-30-24-17-13-9-11-15-19-27-33-39-48(51)54-45(41-53-47(50)38-32-26-21-20-23-29-35-43(4)5)40-52-46(49)37-31-25-18-14-10-8-12-16-22-28-34-42(2)3/h42-45H,7-41H2,1-6H3/t44?,45-/m1/s1. The molecule has 2 atom stereocenters. The van der Waals surface area contributed by atoms with E-state index in [2.05, 4.69) is 41.5 Å². The maximum atomic E-state index is 12.7. The second-order valence-electron chi connectivity index (χ2n) is 17.6. The number of esters is 3. The minimum atomic E-state index is -0.762. The van der Waals surface area contributed by atoms with Gasteiger partial charge in [0.2, 0.25) is 0 Å². The summed E-state index contributed by atoms with van der Waals surface area (Å²) >= 11 is 0. The van der Waals surface area contributed by atoms with E-state index in [1.807, 2.05) is 0 Å². The second-order valence-corrected chi connectivity index (χ2v) is 17.6. The summed E-state index contributed by atoms with van der Waals surface area (Å²) in [5.41, 5.74) is 0. The van der Waals surface area contributed by atoms with Crippen molar-refractivity contribution in [2.24, 2.45) is 17.8 Å². The summed E-state index contributed by atoms with van der Waals surface area (Å²) in [4.78, 5) is 37.7. The third kappa shape index (κ3) is 40.1. The van der Waals surface area contributed by atoms with Crippen LogP contribution in [0.5, 0.6) is 0 Å². The zero-order valence-electron chi connectivity index (χ0n) is 37.0. The highest BCUT2D eigenvalue weighted by Crippen LogP contribution is 2.17. The highest BCUT2D eigenvalue weighted by atomic mass is 16.6. The first-order valence-corrected chi connectivity index (χ1v) is 23.6. The molecule has 0 fully saturated rings. The number of hydrogen-bond donors (Lipinski definition) is 0. The maximum Gasteiger partial charge on any atom is 0.306 e. The third-order valence-corrected chi connectivity index (χ3v) is 11.0. The van der Waals surface area contributed by atoms with Crippen molar-refractivity contribution in [2.75, 3.05) is 13.2 Å². The summed E-state index contributed by atoms with van der Waals surface area (Å²) in [6.07, 6.45) is 36.7.